The third-order valence-electron chi connectivity index (χ3n) is 2.58. The van der Waals surface area contributed by atoms with Crippen molar-refractivity contribution in [1.29, 1.82) is 0 Å². The lowest BCUT2D eigenvalue weighted by molar-refractivity contribution is -0.296. The second-order valence-corrected chi connectivity index (χ2v) is 3.79. The third-order valence-corrected chi connectivity index (χ3v) is 2.58. The fraction of sp³-hybridized carbons (Fsp3) is 0.818. The Morgan fingerprint density at radius 3 is 2.47 bits per heavy atom. The van der Waals surface area contributed by atoms with E-state index in [0.29, 0.717) is 0 Å². The number of hydrogen-bond acceptors (Lipinski definition) is 6. The monoisotopic (exact) mass is 248 g/mol. The molecule has 5 atom stereocenters. The summed E-state index contributed by atoms with van der Waals surface area (Å²) in [7, 11) is 2.94. The second kappa shape index (κ2) is 6.93. The van der Waals surface area contributed by atoms with E-state index in [-0.39, 0.29) is 6.61 Å². The van der Waals surface area contributed by atoms with Crippen molar-refractivity contribution in [3.8, 4) is 0 Å². The van der Waals surface area contributed by atoms with E-state index in [1.807, 2.05) is 0 Å². The zero-order chi connectivity index (χ0) is 12.8. The van der Waals surface area contributed by atoms with Gasteiger partial charge in [0, 0.05) is 14.2 Å². The van der Waals surface area contributed by atoms with Crippen LogP contribution < -0.4 is 0 Å². The average Bonchev–Trinajstić information content (AvgIpc) is 2.34. The van der Waals surface area contributed by atoms with Crippen molar-refractivity contribution in [2.75, 3.05) is 20.8 Å². The lowest BCUT2D eigenvalue weighted by Gasteiger charge is -2.41. The molecule has 100 valence electrons. The van der Waals surface area contributed by atoms with Crippen molar-refractivity contribution in [3.05, 3.63) is 12.3 Å². The first-order valence-corrected chi connectivity index (χ1v) is 5.45. The summed E-state index contributed by atoms with van der Waals surface area (Å²) in [5, 5.41) is 19.8. The van der Waals surface area contributed by atoms with Gasteiger partial charge in [-0.2, -0.15) is 0 Å². The van der Waals surface area contributed by atoms with E-state index in [1.54, 1.807) is 13.0 Å². The highest BCUT2D eigenvalue weighted by molar-refractivity contribution is 4.91. The Balaban J connectivity index is 2.71. The van der Waals surface area contributed by atoms with Gasteiger partial charge in [-0.05, 0) is 6.92 Å². The molecular formula is C11H20O6. The zero-order valence-corrected chi connectivity index (χ0v) is 10.3. The number of ether oxygens (including phenoxy) is 4. The van der Waals surface area contributed by atoms with Gasteiger partial charge in [-0.25, -0.2) is 0 Å². The lowest BCUT2D eigenvalue weighted by atomic mass is 9.99. The Bertz CT molecular complexity index is 242. The van der Waals surface area contributed by atoms with Crippen LogP contribution in [0.5, 0.6) is 0 Å². The van der Waals surface area contributed by atoms with Crippen molar-refractivity contribution < 1.29 is 29.2 Å². The number of methoxy groups -OCH3 is 2. The normalized spacial score (nSPS) is 38.5. The fourth-order valence-corrected chi connectivity index (χ4v) is 1.71. The molecule has 1 rings (SSSR count). The van der Waals surface area contributed by atoms with Gasteiger partial charge in [0.2, 0.25) is 0 Å². The van der Waals surface area contributed by atoms with Crippen LogP contribution in [0, 0.1) is 0 Å². The van der Waals surface area contributed by atoms with Crippen molar-refractivity contribution >= 4 is 0 Å². The van der Waals surface area contributed by atoms with Crippen molar-refractivity contribution in [2.45, 2.75) is 37.6 Å². The van der Waals surface area contributed by atoms with Crippen LogP contribution >= 0.6 is 0 Å². The van der Waals surface area contributed by atoms with E-state index in [9.17, 15) is 10.2 Å². The predicted octanol–water partition coefficient (Wildman–Crippen LogP) is -0.355. The van der Waals surface area contributed by atoms with Gasteiger partial charge < -0.3 is 29.2 Å². The summed E-state index contributed by atoms with van der Waals surface area (Å²) in [6, 6.07) is 0. The lowest BCUT2D eigenvalue weighted by Crippen LogP contribution is -2.59. The molecule has 0 aliphatic carbocycles. The molecule has 0 spiro atoms. The zero-order valence-electron chi connectivity index (χ0n) is 10.3. The first kappa shape index (κ1) is 14.4. The Kier molecular flexibility index (Phi) is 5.87. The summed E-state index contributed by atoms with van der Waals surface area (Å²) in [5.41, 5.74) is 0. The summed E-state index contributed by atoms with van der Waals surface area (Å²) in [4.78, 5) is 0. The number of hydrogen-bond donors (Lipinski definition) is 2. The van der Waals surface area contributed by atoms with Gasteiger partial charge in [-0.15, -0.1) is 0 Å². The Morgan fingerprint density at radius 2 is 1.94 bits per heavy atom. The highest BCUT2D eigenvalue weighted by Crippen LogP contribution is 2.24. The molecule has 0 aromatic carbocycles. The molecule has 0 saturated carbocycles. The van der Waals surface area contributed by atoms with Gasteiger partial charge in [0.15, 0.2) is 12.4 Å². The maximum Gasteiger partial charge on any atom is 0.197 e. The standard InChI is InChI=1S/C11H20O6/c1-4-5-16-10-9(13)8(12)7(6-14-2)17-11(10)15-3/h4-5,7-13H,6H2,1-3H3/b5-4+. The highest BCUT2D eigenvalue weighted by Gasteiger charge is 2.45. The van der Waals surface area contributed by atoms with Crippen LogP contribution in [-0.2, 0) is 18.9 Å². The van der Waals surface area contributed by atoms with Gasteiger partial charge in [-0.1, -0.05) is 6.08 Å². The molecule has 1 saturated heterocycles. The quantitative estimate of drug-likeness (QED) is 0.647. The van der Waals surface area contributed by atoms with E-state index >= 15 is 0 Å². The topological polar surface area (TPSA) is 77.4 Å². The number of aliphatic hydroxyl groups is 2. The minimum Gasteiger partial charge on any atom is -0.490 e. The van der Waals surface area contributed by atoms with Crippen LogP contribution in [0.15, 0.2) is 12.3 Å². The summed E-state index contributed by atoms with van der Waals surface area (Å²) in [5.74, 6) is 0. The molecule has 0 amide bonds. The molecule has 1 aliphatic rings. The maximum absolute atomic E-state index is 9.94. The predicted molar refractivity (Wildman–Crippen MR) is 59.2 cm³/mol. The van der Waals surface area contributed by atoms with Crippen molar-refractivity contribution in [1.82, 2.24) is 0 Å². The molecule has 0 bridgehead atoms. The summed E-state index contributed by atoms with van der Waals surface area (Å²) in [6.45, 7) is 1.95. The molecule has 0 aromatic rings. The van der Waals surface area contributed by atoms with E-state index in [2.05, 4.69) is 0 Å². The number of allylic oxidation sites excluding steroid dienone is 1. The average molecular weight is 248 g/mol. The molecule has 1 fully saturated rings. The van der Waals surface area contributed by atoms with Crippen LogP contribution in [0.25, 0.3) is 0 Å². The summed E-state index contributed by atoms with van der Waals surface area (Å²) >= 11 is 0. The smallest absolute Gasteiger partial charge is 0.197 e. The van der Waals surface area contributed by atoms with Crippen molar-refractivity contribution in [2.24, 2.45) is 0 Å². The molecular weight excluding hydrogens is 228 g/mol. The van der Waals surface area contributed by atoms with E-state index in [1.165, 1.54) is 20.5 Å². The largest absolute Gasteiger partial charge is 0.490 e. The molecule has 5 unspecified atom stereocenters. The minimum atomic E-state index is -1.09. The second-order valence-electron chi connectivity index (χ2n) is 3.79. The molecule has 1 heterocycles. The molecule has 6 heteroatoms. The van der Waals surface area contributed by atoms with Gasteiger partial charge in [0.1, 0.15) is 18.3 Å². The van der Waals surface area contributed by atoms with E-state index < -0.39 is 30.7 Å². The molecule has 6 nitrogen and oxygen atoms in total. The van der Waals surface area contributed by atoms with Crippen molar-refractivity contribution in [3.63, 3.8) is 0 Å². The van der Waals surface area contributed by atoms with Crippen LogP contribution in [0.4, 0.5) is 0 Å². The fourth-order valence-electron chi connectivity index (χ4n) is 1.71. The first-order chi connectivity index (χ1) is 8.15. The van der Waals surface area contributed by atoms with Gasteiger partial charge >= 0.3 is 0 Å². The third kappa shape index (κ3) is 3.40. The Morgan fingerprint density at radius 1 is 1.24 bits per heavy atom. The highest BCUT2D eigenvalue weighted by atomic mass is 16.7. The van der Waals surface area contributed by atoms with Crippen LogP contribution in [0.3, 0.4) is 0 Å². The van der Waals surface area contributed by atoms with E-state index in [4.69, 9.17) is 18.9 Å². The van der Waals surface area contributed by atoms with Crippen LogP contribution in [0.1, 0.15) is 6.92 Å². The molecule has 2 N–H and O–H groups in total. The van der Waals surface area contributed by atoms with Crippen LogP contribution in [0.2, 0.25) is 0 Å². The van der Waals surface area contributed by atoms with Gasteiger partial charge in [0.05, 0.1) is 12.9 Å². The number of rotatable bonds is 5. The van der Waals surface area contributed by atoms with Gasteiger partial charge in [-0.3, -0.25) is 0 Å². The summed E-state index contributed by atoms with van der Waals surface area (Å²) < 4.78 is 20.7. The Hall–Kier alpha value is -0.660. The molecule has 0 radical (unpaired) electrons. The molecule has 1 aliphatic heterocycles. The minimum absolute atomic E-state index is 0.175. The van der Waals surface area contributed by atoms with Gasteiger partial charge in [0.25, 0.3) is 0 Å². The summed E-state index contributed by atoms with van der Waals surface area (Å²) in [6.07, 6.45) is -1.21. The SMILES string of the molecule is C/C=C/OC1C(OC)OC(COC)C(O)C1O. The molecule has 17 heavy (non-hydrogen) atoms. The van der Waals surface area contributed by atoms with E-state index in [0.717, 1.165) is 0 Å². The number of aliphatic hydroxyl groups excluding tert-OH is 2. The molecule has 0 aromatic heterocycles. The maximum atomic E-state index is 9.94. The Labute approximate surface area is 101 Å². The first-order valence-electron chi connectivity index (χ1n) is 5.45. The van der Waals surface area contributed by atoms with Crippen LogP contribution in [-0.4, -0.2) is 61.7 Å².